The molecule has 2 aliphatic rings. The number of carbonyl (C=O) groups is 1. The highest BCUT2D eigenvalue weighted by molar-refractivity contribution is 5.89. The molecule has 2 aliphatic carbocycles. The molecule has 0 aromatic heterocycles. The maximum absolute atomic E-state index is 12.8. The fourth-order valence-electron chi connectivity index (χ4n) is 3.90. The number of hydrogen-bond acceptors (Lipinski definition) is 4. The average molecular weight is 311 g/mol. The molecule has 0 spiro atoms. The van der Waals surface area contributed by atoms with Crippen LogP contribution in [0.15, 0.2) is 0 Å². The van der Waals surface area contributed by atoms with Crippen molar-refractivity contribution in [3.8, 4) is 0 Å². The Kier molecular flexibility index (Phi) is 5.20. The van der Waals surface area contributed by atoms with E-state index >= 15 is 0 Å². The van der Waals surface area contributed by atoms with Gasteiger partial charge in [-0.05, 0) is 46.7 Å². The molecule has 128 valence electrons. The van der Waals surface area contributed by atoms with Gasteiger partial charge in [0.2, 0.25) is 5.91 Å². The minimum absolute atomic E-state index is 0.00198. The van der Waals surface area contributed by atoms with Crippen LogP contribution in [0.2, 0.25) is 0 Å². The van der Waals surface area contributed by atoms with Gasteiger partial charge < -0.3 is 20.7 Å². The number of carbonyl (C=O) groups excluding carboxylic acids is 1. The highest BCUT2D eigenvalue weighted by Crippen LogP contribution is 2.50. The SMILES string of the molecule is CCOC1CC(N)(C(=O)NC2CCCC(N(C)C)C2)C1(C)C. The minimum Gasteiger partial charge on any atom is -0.378 e. The smallest absolute Gasteiger partial charge is 0.241 e. The lowest BCUT2D eigenvalue weighted by molar-refractivity contribution is -0.171. The van der Waals surface area contributed by atoms with E-state index in [1.165, 1.54) is 6.42 Å². The molecule has 3 N–H and O–H groups in total. The van der Waals surface area contributed by atoms with Crippen molar-refractivity contribution in [1.29, 1.82) is 0 Å². The van der Waals surface area contributed by atoms with Crippen molar-refractivity contribution in [2.75, 3.05) is 20.7 Å². The lowest BCUT2D eigenvalue weighted by Crippen LogP contribution is -2.76. The number of rotatable bonds is 5. The normalized spacial score (nSPS) is 37.7. The summed E-state index contributed by atoms with van der Waals surface area (Å²) in [6.07, 6.45) is 5.14. The third-order valence-electron chi connectivity index (χ3n) is 5.95. The third kappa shape index (κ3) is 3.03. The molecule has 4 unspecified atom stereocenters. The Balaban J connectivity index is 1.95. The van der Waals surface area contributed by atoms with E-state index in [-0.39, 0.29) is 23.5 Å². The van der Waals surface area contributed by atoms with Crippen molar-refractivity contribution < 1.29 is 9.53 Å². The number of nitrogens with zero attached hydrogens (tertiary/aromatic N) is 1. The number of amides is 1. The number of nitrogens with two attached hydrogens (primary N) is 1. The van der Waals surface area contributed by atoms with E-state index in [9.17, 15) is 4.79 Å². The van der Waals surface area contributed by atoms with Crippen LogP contribution in [0.25, 0.3) is 0 Å². The molecule has 1 amide bonds. The summed E-state index contributed by atoms with van der Waals surface area (Å²) in [6.45, 7) is 6.73. The summed E-state index contributed by atoms with van der Waals surface area (Å²) in [5, 5.41) is 3.22. The van der Waals surface area contributed by atoms with E-state index in [0.717, 1.165) is 19.3 Å². The third-order valence-corrected chi connectivity index (χ3v) is 5.95. The van der Waals surface area contributed by atoms with Crippen molar-refractivity contribution in [1.82, 2.24) is 10.2 Å². The number of ether oxygens (including phenoxy) is 1. The zero-order chi connectivity index (χ0) is 16.5. The molecule has 0 radical (unpaired) electrons. The van der Waals surface area contributed by atoms with Crippen LogP contribution in [0, 0.1) is 5.41 Å². The zero-order valence-electron chi connectivity index (χ0n) is 14.8. The second-order valence-corrected chi connectivity index (χ2v) is 7.80. The van der Waals surface area contributed by atoms with Crippen LogP contribution in [0.3, 0.4) is 0 Å². The van der Waals surface area contributed by atoms with E-state index < -0.39 is 5.54 Å². The molecule has 0 saturated heterocycles. The quantitative estimate of drug-likeness (QED) is 0.807. The molecule has 2 saturated carbocycles. The van der Waals surface area contributed by atoms with Gasteiger partial charge in [-0.25, -0.2) is 0 Å². The highest BCUT2D eigenvalue weighted by atomic mass is 16.5. The van der Waals surface area contributed by atoms with Crippen LogP contribution in [-0.2, 0) is 9.53 Å². The largest absolute Gasteiger partial charge is 0.378 e. The first-order valence-electron chi connectivity index (χ1n) is 8.60. The molecule has 22 heavy (non-hydrogen) atoms. The Labute approximate surface area is 134 Å². The van der Waals surface area contributed by atoms with Crippen molar-refractivity contribution >= 4 is 5.91 Å². The Morgan fingerprint density at radius 2 is 2.05 bits per heavy atom. The summed E-state index contributed by atoms with van der Waals surface area (Å²) in [5.41, 5.74) is 5.33. The number of nitrogens with one attached hydrogen (secondary N) is 1. The van der Waals surface area contributed by atoms with Crippen molar-refractivity contribution in [2.24, 2.45) is 11.1 Å². The van der Waals surface area contributed by atoms with Gasteiger partial charge in [0.25, 0.3) is 0 Å². The van der Waals surface area contributed by atoms with Crippen LogP contribution in [0.4, 0.5) is 0 Å². The van der Waals surface area contributed by atoms with Crippen molar-refractivity contribution in [3.63, 3.8) is 0 Å². The van der Waals surface area contributed by atoms with Gasteiger partial charge in [0.05, 0.1) is 6.10 Å². The first kappa shape index (κ1) is 17.7. The van der Waals surface area contributed by atoms with Crippen molar-refractivity contribution in [2.45, 2.75) is 76.6 Å². The molecule has 5 heteroatoms. The molecular weight excluding hydrogens is 278 g/mol. The summed E-state index contributed by atoms with van der Waals surface area (Å²) in [6, 6.07) is 0.800. The van der Waals surface area contributed by atoms with Gasteiger partial charge in [-0.15, -0.1) is 0 Å². The van der Waals surface area contributed by atoms with E-state index in [4.69, 9.17) is 10.5 Å². The maximum Gasteiger partial charge on any atom is 0.241 e. The molecule has 5 nitrogen and oxygen atoms in total. The fourth-order valence-corrected chi connectivity index (χ4v) is 3.90. The Morgan fingerprint density at radius 3 is 2.59 bits per heavy atom. The number of hydrogen-bond donors (Lipinski definition) is 2. The van der Waals surface area contributed by atoms with Crippen LogP contribution < -0.4 is 11.1 Å². The van der Waals surface area contributed by atoms with Crippen LogP contribution in [0.5, 0.6) is 0 Å². The first-order chi connectivity index (χ1) is 10.2. The Morgan fingerprint density at radius 1 is 1.36 bits per heavy atom. The minimum atomic E-state index is -0.808. The molecule has 0 aromatic carbocycles. The molecule has 4 atom stereocenters. The molecule has 0 heterocycles. The van der Waals surface area contributed by atoms with Crippen LogP contribution >= 0.6 is 0 Å². The molecular formula is C17H33N3O2. The lowest BCUT2D eigenvalue weighted by atomic mass is 9.54. The monoisotopic (exact) mass is 311 g/mol. The summed E-state index contributed by atoms with van der Waals surface area (Å²) in [5.74, 6) is -0.00198. The predicted octanol–water partition coefficient (Wildman–Crippen LogP) is 1.51. The second-order valence-electron chi connectivity index (χ2n) is 7.80. The highest BCUT2D eigenvalue weighted by Gasteiger charge is 2.63. The van der Waals surface area contributed by atoms with E-state index in [1.807, 2.05) is 20.8 Å². The van der Waals surface area contributed by atoms with E-state index in [0.29, 0.717) is 19.1 Å². The topological polar surface area (TPSA) is 67.6 Å². The first-order valence-corrected chi connectivity index (χ1v) is 8.60. The Bertz CT molecular complexity index is 411. The van der Waals surface area contributed by atoms with Crippen LogP contribution in [-0.4, -0.2) is 55.2 Å². The van der Waals surface area contributed by atoms with E-state index in [1.54, 1.807) is 0 Å². The van der Waals surface area contributed by atoms with Gasteiger partial charge in [0, 0.05) is 30.5 Å². The van der Waals surface area contributed by atoms with Crippen LogP contribution in [0.1, 0.15) is 52.9 Å². The molecule has 0 aliphatic heterocycles. The summed E-state index contributed by atoms with van der Waals surface area (Å²) in [7, 11) is 4.22. The predicted molar refractivity (Wildman–Crippen MR) is 88.6 cm³/mol. The van der Waals surface area contributed by atoms with Gasteiger partial charge in [-0.1, -0.05) is 13.8 Å². The van der Waals surface area contributed by atoms with Gasteiger partial charge in [0.15, 0.2) is 0 Å². The van der Waals surface area contributed by atoms with Gasteiger partial charge in [-0.2, -0.15) is 0 Å². The molecule has 0 aromatic rings. The summed E-state index contributed by atoms with van der Waals surface area (Å²) >= 11 is 0. The second kappa shape index (κ2) is 6.46. The molecule has 2 fully saturated rings. The zero-order valence-corrected chi connectivity index (χ0v) is 14.8. The van der Waals surface area contributed by atoms with Gasteiger partial charge in [0.1, 0.15) is 5.54 Å². The standard InChI is InChI=1S/C17H33N3O2/c1-6-22-14-11-17(18,16(14,2)3)15(21)19-12-8-7-9-13(10-12)20(4)5/h12-14H,6-11,18H2,1-5H3,(H,19,21). The lowest BCUT2D eigenvalue weighted by Gasteiger charge is -2.58. The fraction of sp³-hybridized carbons (Fsp3) is 0.941. The van der Waals surface area contributed by atoms with Crippen molar-refractivity contribution in [3.05, 3.63) is 0 Å². The molecule has 2 rings (SSSR count). The van der Waals surface area contributed by atoms with E-state index in [2.05, 4.69) is 24.3 Å². The van der Waals surface area contributed by atoms with Gasteiger partial charge >= 0.3 is 0 Å². The van der Waals surface area contributed by atoms with Gasteiger partial charge in [-0.3, -0.25) is 4.79 Å². The Hall–Kier alpha value is -0.650. The maximum atomic E-state index is 12.8. The summed E-state index contributed by atoms with van der Waals surface area (Å²) < 4.78 is 5.71. The summed E-state index contributed by atoms with van der Waals surface area (Å²) in [4.78, 5) is 15.0. The molecule has 0 bridgehead atoms. The average Bonchev–Trinajstić information content (AvgIpc) is 2.47.